The van der Waals surface area contributed by atoms with Gasteiger partial charge in [-0.25, -0.2) is 4.98 Å². The number of rotatable bonds is 5. The Hall–Kier alpha value is -4.33. The number of ketones is 1. The Morgan fingerprint density at radius 2 is 1.97 bits per heavy atom. The fourth-order valence-corrected chi connectivity index (χ4v) is 4.39. The molecule has 0 amide bonds. The molecule has 3 aromatic heterocycles. The molecular formula is C25H24N6O2. The van der Waals surface area contributed by atoms with Gasteiger partial charge in [0, 0.05) is 29.9 Å². The Balaban J connectivity index is 1.75. The van der Waals surface area contributed by atoms with Gasteiger partial charge >= 0.3 is 0 Å². The van der Waals surface area contributed by atoms with Gasteiger partial charge < -0.3 is 21.1 Å². The van der Waals surface area contributed by atoms with E-state index in [0.717, 1.165) is 28.7 Å². The number of H-pyrrole nitrogens is 1. The number of aryl methyl sites for hydroxylation is 1. The summed E-state index contributed by atoms with van der Waals surface area (Å²) < 4.78 is 1.70. The highest BCUT2D eigenvalue weighted by Crippen LogP contribution is 2.36. The van der Waals surface area contributed by atoms with E-state index in [2.05, 4.69) is 20.3 Å². The van der Waals surface area contributed by atoms with Gasteiger partial charge in [-0.3, -0.25) is 14.3 Å². The Kier molecular flexibility index (Phi) is 4.78. The number of benzene rings is 2. The number of aromatic hydroxyl groups is 1. The van der Waals surface area contributed by atoms with Crippen LogP contribution in [0, 0.1) is 13.8 Å². The van der Waals surface area contributed by atoms with Crippen LogP contribution in [0.15, 0.2) is 48.8 Å². The molecule has 0 aliphatic rings. The minimum Gasteiger partial charge on any atom is -0.508 e. The second kappa shape index (κ2) is 7.67. The smallest absolute Gasteiger partial charge is 0.215 e. The van der Waals surface area contributed by atoms with Crippen LogP contribution in [0.5, 0.6) is 5.75 Å². The summed E-state index contributed by atoms with van der Waals surface area (Å²) in [5.41, 5.74) is 12.2. The minimum absolute atomic E-state index is 0.139. The number of aromatic nitrogens is 4. The van der Waals surface area contributed by atoms with Gasteiger partial charge in [0.15, 0.2) is 5.65 Å². The summed E-state index contributed by atoms with van der Waals surface area (Å²) in [7, 11) is 0. The van der Waals surface area contributed by atoms with Crippen molar-refractivity contribution in [3.05, 3.63) is 71.2 Å². The Bertz CT molecular complexity index is 1550. The highest BCUT2D eigenvalue weighted by molar-refractivity contribution is 6.19. The molecule has 0 saturated heterocycles. The third kappa shape index (κ3) is 3.10. The molecule has 5 aromatic rings. The topological polar surface area (TPSA) is 122 Å². The number of carbonyl (C=O) groups is 1. The van der Waals surface area contributed by atoms with Crippen LogP contribution < -0.4 is 11.1 Å². The largest absolute Gasteiger partial charge is 0.508 e. The van der Waals surface area contributed by atoms with E-state index in [4.69, 9.17) is 5.73 Å². The van der Waals surface area contributed by atoms with E-state index in [-0.39, 0.29) is 22.9 Å². The molecule has 8 nitrogen and oxygen atoms in total. The summed E-state index contributed by atoms with van der Waals surface area (Å²) in [4.78, 5) is 25.9. The molecule has 0 fully saturated rings. The average molecular weight is 441 g/mol. The molecule has 5 rings (SSSR count). The molecule has 3 heterocycles. The molecule has 0 aliphatic heterocycles. The fraction of sp³-hybridized carbons (Fsp3) is 0.160. The first kappa shape index (κ1) is 20.6. The molecule has 0 spiro atoms. The predicted molar refractivity (Wildman–Crippen MR) is 130 cm³/mol. The molecule has 5 N–H and O–H groups in total. The van der Waals surface area contributed by atoms with Crippen LogP contribution in [0.25, 0.3) is 27.8 Å². The number of para-hydroxylation sites is 1. The number of carbonyl (C=O) groups excluding carboxylic acids is 1. The van der Waals surface area contributed by atoms with Crippen molar-refractivity contribution in [1.29, 1.82) is 0 Å². The third-order valence-electron chi connectivity index (χ3n) is 5.95. The molecule has 0 aliphatic carbocycles. The summed E-state index contributed by atoms with van der Waals surface area (Å²) in [5, 5.41) is 14.6. The first-order chi connectivity index (χ1) is 15.9. The standard InChI is InChI=1S/C25H24N6O2/c1-4-27-16-7-5-6-15-12-17(30-20(15)16)23(33)19-21-25(29-11-10-28-21)31(24(19)26)22-13(2)8-9-18(32)14(22)3/h5-12,27,30,32H,4,26H2,1-3H3. The molecule has 0 unspecified atom stereocenters. The maximum absolute atomic E-state index is 13.7. The van der Waals surface area contributed by atoms with E-state index in [1.807, 2.05) is 38.1 Å². The van der Waals surface area contributed by atoms with Crippen LogP contribution in [0.3, 0.4) is 0 Å². The lowest BCUT2D eigenvalue weighted by atomic mass is 10.1. The van der Waals surface area contributed by atoms with E-state index in [1.165, 1.54) is 0 Å². The van der Waals surface area contributed by atoms with Crippen molar-refractivity contribution in [3.8, 4) is 11.4 Å². The van der Waals surface area contributed by atoms with Crippen molar-refractivity contribution in [2.75, 3.05) is 17.6 Å². The number of hydrogen-bond donors (Lipinski definition) is 4. The molecular weight excluding hydrogens is 416 g/mol. The van der Waals surface area contributed by atoms with Crippen LogP contribution in [0.4, 0.5) is 11.5 Å². The van der Waals surface area contributed by atoms with Gasteiger partial charge in [0.2, 0.25) is 5.78 Å². The monoisotopic (exact) mass is 440 g/mol. The average Bonchev–Trinajstić information content (AvgIpc) is 3.37. The number of nitrogens with two attached hydrogens (primary N) is 1. The fourth-order valence-electron chi connectivity index (χ4n) is 4.39. The molecule has 166 valence electrons. The van der Waals surface area contributed by atoms with E-state index in [0.29, 0.717) is 28.1 Å². The highest BCUT2D eigenvalue weighted by atomic mass is 16.3. The number of aromatic amines is 1. The molecule has 0 radical (unpaired) electrons. The number of nitrogens with one attached hydrogen (secondary N) is 2. The summed E-state index contributed by atoms with van der Waals surface area (Å²) in [5.74, 6) is 0.0922. The number of anilines is 2. The number of nitrogen functional groups attached to an aromatic ring is 1. The molecule has 0 bridgehead atoms. The zero-order chi connectivity index (χ0) is 23.3. The summed E-state index contributed by atoms with van der Waals surface area (Å²) in [6.07, 6.45) is 3.10. The van der Waals surface area contributed by atoms with Gasteiger partial charge in [-0.2, -0.15) is 0 Å². The van der Waals surface area contributed by atoms with E-state index >= 15 is 0 Å². The second-order valence-electron chi connectivity index (χ2n) is 8.01. The molecule has 2 aromatic carbocycles. The van der Waals surface area contributed by atoms with E-state index in [1.54, 1.807) is 36.0 Å². The van der Waals surface area contributed by atoms with Gasteiger partial charge in [0.05, 0.1) is 28.1 Å². The SMILES string of the molecule is CCNc1cccc2cc(C(=O)c3c(N)n(-c4c(C)ccc(O)c4C)c4nccnc34)[nH]c12. The van der Waals surface area contributed by atoms with Gasteiger partial charge in [-0.15, -0.1) is 0 Å². The zero-order valence-corrected chi connectivity index (χ0v) is 18.6. The number of hydrogen-bond acceptors (Lipinski definition) is 6. The lowest BCUT2D eigenvalue weighted by Crippen LogP contribution is -2.09. The molecule has 0 atom stereocenters. The van der Waals surface area contributed by atoms with Gasteiger partial charge in [0.25, 0.3) is 0 Å². The number of fused-ring (bicyclic) bond motifs is 2. The van der Waals surface area contributed by atoms with Crippen LogP contribution in [-0.2, 0) is 0 Å². The summed E-state index contributed by atoms with van der Waals surface area (Å²) in [6.45, 7) is 6.51. The number of phenols is 1. The van der Waals surface area contributed by atoms with Crippen molar-refractivity contribution in [3.63, 3.8) is 0 Å². The third-order valence-corrected chi connectivity index (χ3v) is 5.95. The van der Waals surface area contributed by atoms with Crippen LogP contribution in [-0.4, -0.2) is 37.0 Å². The first-order valence-electron chi connectivity index (χ1n) is 10.7. The Labute approximate surface area is 190 Å². The van der Waals surface area contributed by atoms with E-state index < -0.39 is 0 Å². The minimum atomic E-state index is -0.272. The maximum atomic E-state index is 13.7. The van der Waals surface area contributed by atoms with Crippen molar-refractivity contribution in [2.45, 2.75) is 20.8 Å². The van der Waals surface area contributed by atoms with E-state index in [9.17, 15) is 9.90 Å². The predicted octanol–water partition coefficient (Wildman–Crippen LogP) is 4.47. The number of nitrogens with zero attached hydrogens (tertiary/aromatic N) is 3. The van der Waals surface area contributed by atoms with Crippen molar-refractivity contribution >= 4 is 39.4 Å². The molecule has 8 heteroatoms. The zero-order valence-electron chi connectivity index (χ0n) is 18.6. The summed E-state index contributed by atoms with van der Waals surface area (Å²) in [6, 6.07) is 11.1. The van der Waals surface area contributed by atoms with Crippen LogP contribution in [0.2, 0.25) is 0 Å². The normalized spacial score (nSPS) is 11.4. The lowest BCUT2D eigenvalue weighted by molar-refractivity contribution is 0.103. The van der Waals surface area contributed by atoms with Crippen molar-refractivity contribution < 1.29 is 9.90 Å². The lowest BCUT2D eigenvalue weighted by Gasteiger charge is -2.15. The maximum Gasteiger partial charge on any atom is 0.215 e. The van der Waals surface area contributed by atoms with Crippen molar-refractivity contribution in [1.82, 2.24) is 19.5 Å². The second-order valence-corrected chi connectivity index (χ2v) is 8.01. The Morgan fingerprint density at radius 1 is 1.18 bits per heavy atom. The van der Waals surface area contributed by atoms with Gasteiger partial charge in [-0.1, -0.05) is 18.2 Å². The first-order valence-corrected chi connectivity index (χ1v) is 10.7. The summed E-state index contributed by atoms with van der Waals surface area (Å²) >= 11 is 0. The molecule has 33 heavy (non-hydrogen) atoms. The number of phenolic OH excluding ortho intramolecular Hbond substituents is 1. The van der Waals surface area contributed by atoms with Gasteiger partial charge in [-0.05, 0) is 44.5 Å². The van der Waals surface area contributed by atoms with Gasteiger partial charge in [0.1, 0.15) is 17.1 Å². The van der Waals surface area contributed by atoms with Crippen molar-refractivity contribution in [2.24, 2.45) is 0 Å². The quantitative estimate of drug-likeness (QED) is 0.299. The Morgan fingerprint density at radius 3 is 2.76 bits per heavy atom. The van der Waals surface area contributed by atoms with Crippen LogP contribution in [0.1, 0.15) is 34.1 Å². The van der Waals surface area contributed by atoms with Crippen LogP contribution >= 0.6 is 0 Å². The highest BCUT2D eigenvalue weighted by Gasteiger charge is 2.27. The molecule has 0 saturated carbocycles.